The normalized spacial score (nSPS) is 11.5. The van der Waals surface area contributed by atoms with Crippen LogP contribution in [0.4, 0.5) is 11.4 Å². The van der Waals surface area contributed by atoms with E-state index in [0.717, 1.165) is 44.7 Å². The van der Waals surface area contributed by atoms with E-state index in [9.17, 15) is 0 Å². The molecule has 3 aromatic carbocycles. The quantitative estimate of drug-likeness (QED) is 0.410. The lowest BCUT2D eigenvalue weighted by Gasteiger charge is -2.15. The van der Waals surface area contributed by atoms with Crippen molar-refractivity contribution in [2.24, 2.45) is 0 Å². The summed E-state index contributed by atoms with van der Waals surface area (Å²) < 4.78 is 0. The molecule has 1 aromatic heterocycles. The van der Waals surface area contributed by atoms with Crippen LogP contribution in [0.5, 0.6) is 0 Å². The molecule has 0 bridgehead atoms. The van der Waals surface area contributed by atoms with E-state index in [1.54, 1.807) is 0 Å². The first kappa shape index (κ1) is 15.6. The zero-order valence-electron chi connectivity index (χ0n) is 15.1. The fraction of sp³-hybridized carbons (Fsp3) is 0.182. The number of hydrogen-bond donors (Lipinski definition) is 3. The molecule has 1 heterocycles. The first-order valence-corrected chi connectivity index (χ1v) is 8.57. The van der Waals surface area contributed by atoms with Gasteiger partial charge in [-0.05, 0) is 61.6 Å². The lowest BCUT2D eigenvalue weighted by atomic mass is 9.91. The van der Waals surface area contributed by atoms with Gasteiger partial charge in [-0.1, -0.05) is 30.3 Å². The van der Waals surface area contributed by atoms with Crippen LogP contribution < -0.4 is 11.5 Å². The molecule has 0 unspecified atom stereocenters. The first-order valence-electron chi connectivity index (χ1n) is 8.57. The van der Waals surface area contributed by atoms with Crippen molar-refractivity contribution in [1.82, 2.24) is 4.98 Å². The molecule has 0 aliphatic rings. The number of benzene rings is 3. The Hall–Kier alpha value is -2.94. The van der Waals surface area contributed by atoms with E-state index in [1.165, 1.54) is 21.9 Å². The molecule has 0 aliphatic carbocycles. The molecule has 3 heteroatoms. The Bertz CT molecular complexity index is 1140. The third-order valence-electron chi connectivity index (χ3n) is 5.46. The van der Waals surface area contributed by atoms with Gasteiger partial charge >= 0.3 is 0 Å². The second-order valence-electron chi connectivity index (χ2n) is 6.93. The molecule has 0 aliphatic heterocycles. The highest BCUT2D eigenvalue weighted by Gasteiger charge is 2.20. The molecular weight excluding hydrogens is 306 g/mol. The van der Waals surface area contributed by atoms with E-state index in [-0.39, 0.29) is 0 Å². The molecule has 25 heavy (non-hydrogen) atoms. The van der Waals surface area contributed by atoms with Gasteiger partial charge < -0.3 is 16.5 Å². The van der Waals surface area contributed by atoms with Crippen LogP contribution in [-0.2, 0) is 0 Å². The van der Waals surface area contributed by atoms with E-state index in [2.05, 4.69) is 63.0 Å². The van der Waals surface area contributed by atoms with Crippen molar-refractivity contribution in [3.8, 4) is 11.1 Å². The number of nitrogens with two attached hydrogens (primary N) is 2. The van der Waals surface area contributed by atoms with Crippen LogP contribution in [-0.4, -0.2) is 4.98 Å². The molecule has 0 atom stereocenters. The predicted molar refractivity (Wildman–Crippen MR) is 109 cm³/mol. The number of aryl methyl sites for hydroxylation is 3. The van der Waals surface area contributed by atoms with Gasteiger partial charge in [-0.3, -0.25) is 0 Å². The summed E-state index contributed by atoms with van der Waals surface area (Å²) in [5.74, 6) is 0. The van der Waals surface area contributed by atoms with Crippen molar-refractivity contribution in [2.75, 3.05) is 11.5 Å². The summed E-state index contributed by atoms with van der Waals surface area (Å²) in [4.78, 5) is 3.65. The molecule has 126 valence electrons. The van der Waals surface area contributed by atoms with Gasteiger partial charge in [0.15, 0.2) is 0 Å². The maximum Gasteiger partial charge on any atom is 0.0551 e. The Morgan fingerprint density at radius 3 is 2.08 bits per heavy atom. The minimum atomic E-state index is 0.853. The van der Waals surface area contributed by atoms with Gasteiger partial charge in [0, 0.05) is 33.2 Å². The summed E-state index contributed by atoms with van der Waals surface area (Å²) in [6.07, 6.45) is 0. The molecule has 5 N–H and O–H groups in total. The number of anilines is 2. The number of rotatable bonds is 1. The molecule has 0 fully saturated rings. The molecule has 4 rings (SSSR count). The largest absolute Gasteiger partial charge is 0.398 e. The Kier molecular flexibility index (Phi) is 3.29. The summed E-state index contributed by atoms with van der Waals surface area (Å²) in [7, 11) is 0. The smallest absolute Gasteiger partial charge is 0.0551 e. The second-order valence-corrected chi connectivity index (χ2v) is 6.93. The summed E-state index contributed by atoms with van der Waals surface area (Å²) in [6, 6.07) is 12.6. The van der Waals surface area contributed by atoms with Gasteiger partial charge in [0.2, 0.25) is 0 Å². The number of hydrogen-bond acceptors (Lipinski definition) is 2. The number of H-pyrrole nitrogens is 1. The topological polar surface area (TPSA) is 67.8 Å². The number of nitrogens with one attached hydrogen (secondary N) is 1. The highest BCUT2D eigenvalue weighted by Crippen LogP contribution is 2.43. The van der Waals surface area contributed by atoms with Gasteiger partial charge in [-0.15, -0.1) is 0 Å². The van der Waals surface area contributed by atoms with Crippen LogP contribution in [0.3, 0.4) is 0 Å². The highest BCUT2D eigenvalue weighted by molar-refractivity contribution is 6.18. The Morgan fingerprint density at radius 2 is 1.40 bits per heavy atom. The lowest BCUT2D eigenvalue weighted by molar-refractivity contribution is 1.41. The van der Waals surface area contributed by atoms with Crippen LogP contribution in [0, 0.1) is 27.7 Å². The summed E-state index contributed by atoms with van der Waals surface area (Å²) in [5.41, 5.74) is 23.6. The lowest BCUT2D eigenvalue weighted by Crippen LogP contribution is -1.98. The number of fused-ring (bicyclic) bond motifs is 3. The molecule has 4 aromatic rings. The summed E-state index contributed by atoms with van der Waals surface area (Å²) in [6.45, 7) is 8.35. The molecule has 0 saturated heterocycles. The maximum atomic E-state index is 6.51. The minimum Gasteiger partial charge on any atom is -0.398 e. The Morgan fingerprint density at radius 1 is 0.760 bits per heavy atom. The first-order chi connectivity index (χ1) is 11.9. The van der Waals surface area contributed by atoms with E-state index in [4.69, 9.17) is 11.5 Å². The molecular formula is C22H23N3. The van der Waals surface area contributed by atoms with E-state index in [1.807, 2.05) is 6.07 Å². The molecule has 3 nitrogen and oxygen atoms in total. The molecule has 0 spiro atoms. The molecule has 0 radical (unpaired) electrons. The zero-order valence-corrected chi connectivity index (χ0v) is 15.1. The predicted octanol–water partition coefficient (Wildman–Crippen LogP) is 5.39. The van der Waals surface area contributed by atoms with Crippen molar-refractivity contribution < 1.29 is 0 Å². The minimum absolute atomic E-state index is 0.853. The fourth-order valence-corrected chi connectivity index (χ4v) is 4.01. The number of nitrogen functional groups attached to an aromatic ring is 2. The van der Waals surface area contributed by atoms with Crippen molar-refractivity contribution in [1.29, 1.82) is 0 Å². The van der Waals surface area contributed by atoms with Crippen LogP contribution in [0.2, 0.25) is 0 Å². The third-order valence-corrected chi connectivity index (χ3v) is 5.46. The van der Waals surface area contributed by atoms with Crippen molar-refractivity contribution >= 4 is 33.2 Å². The molecule has 0 amide bonds. The Labute approximate surface area is 147 Å². The number of aromatic amines is 1. The van der Waals surface area contributed by atoms with Crippen molar-refractivity contribution in [3.63, 3.8) is 0 Å². The third kappa shape index (κ3) is 2.05. The monoisotopic (exact) mass is 329 g/mol. The van der Waals surface area contributed by atoms with E-state index < -0.39 is 0 Å². The van der Waals surface area contributed by atoms with Gasteiger partial charge in [-0.25, -0.2) is 0 Å². The molecule has 0 saturated carbocycles. The van der Waals surface area contributed by atoms with Gasteiger partial charge in [-0.2, -0.15) is 0 Å². The van der Waals surface area contributed by atoms with Crippen LogP contribution in [0.15, 0.2) is 36.4 Å². The SMILES string of the molecule is Cc1cc2[nH]c3c(-c4ccccc4)c(C)c(N)c(C)c3c2c(C)c1N. The summed E-state index contributed by atoms with van der Waals surface area (Å²) >= 11 is 0. The van der Waals surface area contributed by atoms with Gasteiger partial charge in [0.05, 0.1) is 5.52 Å². The van der Waals surface area contributed by atoms with Crippen LogP contribution in [0.1, 0.15) is 22.3 Å². The van der Waals surface area contributed by atoms with Crippen molar-refractivity contribution in [3.05, 3.63) is 58.7 Å². The average Bonchev–Trinajstić information content (AvgIpc) is 2.98. The van der Waals surface area contributed by atoms with Gasteiger partial charge in [0.25, 0.3) is 0 Å². The maximum absolute atomic E-state index is 6.51. The zero-order chi connectivity index (χ0) is 17.9. The Balaban J connectivity index is 2.29. The van der Waals surface area contributed by atoms with Gasteiger partial charge in [0.1, 0.15) is 0 Å². The highest BCUT2D eigenvalue weighted by atomic mass is 14.7. The van der Waals surface area contributed by atoms with E-state index >= 15 is 0 Å². The number of aromatic nitrogens is 1. The average molecular weight is 329 g/mol. The fourth-order valence-electron chi connectivity index (χ4n) is 4.01. The standard InChI is InChI=1S/C22H23N3/c1-11-10-16-18(13(3)20(11)23)19-14(4)21(24)12(2)17(22(19)25-16)15-8-6-5-7-9-15/h5-10,25H,23-24H2,1-4H3. The van der Waals surface area contributed by atoms with Crippen molar-refractivity contribution in [2.45, 2.75) is 27.7 Å². The second kappa shape index (κ2) is 5.28. The van der Waals surface area contributed by atoms with E-state index in [0.29, 0.717) is 0 Å². The van der Waals surface area contributed by atoms with Crippen LogP contribution >= 0.6 is 0 Å². The summed E-state index contributed by atoms with van der Waals surface area (Å²) in [5, 5.41) is 2.36. The van der Waals surface area contributed by atoms with Crippen LogP contribution in [0.25, 0.3) is 32.9 Å².